The molecule has 0 unspecified atom stereocenters. The van der Waals surface area contributed by atoms with Crippen LogP contribution in [0.25, 0.3) is 0 Å². The van der Waals surface area contributed by atoms with E-state index in [1.165, 1.54) is 0 Å². The number of nitrogens with zero attached hydrogens (tertiary/aromatic N) is 1. The molecule has 0 aliphatic rings. The van der Waals surface area contributed by atoms with Crippen molar-refractivity contribution in [1.29, 1.82) is 0 Å². The lowest BCUT2D eigenvalue weighted by Gasteiger charge is -2.16. The Kier molecular flexibility index (Phi) is 6.92. The number of hydrogen-bond acceptors (Lipinski definition) is 5. The minimum atomic E-state index is -0.549. The molecule has 0 bridgehead atoms. The van der Waals surface area contributed by atoms with Gasteiger partial charge in [-0.1, -0.05) is 30.3 Å². The Balaban J connectivity index is 2.16. The third-order valence-electron chi connectivity index (χ3n) is 3.66. The number of esters is 1. The van der Waals surface area contributed by atoms with Crippen LogP contribution < -0.4 is 10.2 Å². The molecule has 0 heterocycles. The number of nitrogens with one attached hydrogen (secondary N) is 1. The minimum Gasteiger partial charge on any atom is -0.426 e. The van der Waals surface area contributed by atoms with E-state index >= 15 is 0 Å². The number of rotatable bonds is 7. The highest BCUT2D eigenvalue weighted by atomic mass is 16.5. The molecule has 0 aliphatic carbocycles. The Morgan fingerprint density at radius 1 is 1.08 bits per heavy atom. The predicted molar refractivity (Wildman–Crippen MR) is 103 cm³/mol. The molecule has 2 N–H and O–H groups in total. The van der Waals surface area contributed by atoms with Crippen molar-refractivity contribution in [2.75, 3.05) is 13.2 Å². The zero-order valence-electron chi connectivity index (χ0n) is 15.5. The van der Waals surface area contributed by atoms with Crippen LogP contribution >= 0.6 is 0 Å². The van der Waals surface area contributed by atoms with Crippen LogP contribution in [-0.4, -0.2) is 29.9 Å². The average Bonchev–Trinajstić information content (AvgIpc) is 2.62. The van der Waals surface area contributed by atoms with E-state index in [4.69, 9.17) is 9.84 Å². The lowest BCUT2D eigenvalue weighted by molar-refractivity contribution is -0.142. The first-order valence-corrected chi connectivity index (χ1v) is 8.67. The maximum atomic E-state index is 12.0. The first-order chi connectivity index (χ1) is 12.4. The number of benzene rings is 2. The number of hydrogen-bond donors (Lipinski definition) is 2. The highest BCUT2D eigenvalue weighted by Gasteiger charge is 2.23. The summed E-state index contributed by atoms with van der Waals surface area (Å²) in [5.74, 6) is 0.240. The molecule has 0 saturated heterocycles. The van der Waals surface area contributed by atoms with Crippen LogP contribution in [0.5, 0.6) is 5.75 Å². The van der Waals surface area contributed by atoms with Crippen LogP contribution in [0.15, 0.2) is 59.7 Å². The van der Waals surface area contributed by atoms with E-state index in [0.717, 1.165) is 16.8 Å². The van der Waals surface area contributed by atoms with Crippen LogP contribution in [0, 0.1) is 5.41 Å². The Hall–Kier alpha value is -2.66. The molecule has 138 valence electrons. The Morgan fingerprint density at radius 3 is 2.31 bits per heavy atom. The van der Waals surface area contributed by atoms with Crippen molar-refractivity contribution in [3.63, 3.8) is 0 Å². The van der Waals surface area contributed by atoms with E-state index < -0.39 is 5.41 Å². The number of aliphatic hydroxyl groups excluding tert-OH is 1. The van der Waals surface area contributed by atoms with Gasteiger partial charge in [-0.15, -0.1) is 0 Å². The molecular weight excluding hydrogens is 328 g/mol. The summed E-state index contributed by atoms with van der Waals surface area (Å²) in [7, 11) is 0. The molecule has 0 aliphatic heterocycles. The van der Waals surface area contributed by atoms with Gasteiger partial charge in [0.1, 0.15) is 5.75 Å². The van der Waals surface area contributed by atoms with Crippen LogP contribution in [0.3, 0.4) is 0 Å². The number of aliphatic hydroxyl groups is 1. The molecule has 0 amide bonds. The first kappa shape index (κ1) is 19.7. The predicted octanol–water partition coefficient (Wildman–Crippen LogP) is 3.17. The number of carbonyl (C=O) groups is 1. The van der Waals surface area contributed by atoms with Gasteiger partial charge >= 0.3 is 5.97 Å². The van der Waals surface area contributed by atoms with Crippen LogP contribution in [0.1, 0.15) is 31.9 Å². The van der Waals surface area contributed by atoms with Gasteiger partial charge in [-0.05, 0) is 56.2 Å². The molecular formula is C21H26N2O3. The van der Waals surface area contributed by atoms with Gasteiger partial charge in [-0.2, -0.15) is 5.10 Å². The quantitative estimate of drug-likeness (QED) is 0.263. The second kappa shape index (κ2) is 9.15. The average molecular weight is 354 g/mol. The van der Waals surface area contributed by atoms with E-state index in [1.54, 1.807) is 12.1 Å². The molecule has 5 nitrogen and oxygen atoms in total. The molecule has 0 atom stereocenters. The molecule has 0 saturated carbocycles. The maximum absolute atomic E-state index is 12.0. The van der Waals surface area contributed by atoms with Crippen molar-refractivity contribution < 1.29 is 14.6 Å². The number of ether oxygens (including phenoxy) is 1. The third-order valence-corrected chi connectivity index (χ3v) is 3.66. The minimum absolute atomic E-state index is 0.0177. The zero-order chi connectivity index (χ0) is 19.0. The van der Waals surface area contributed by atoms with Gasteiger partial charge in [-0.3, -0.25) is 4.79 Å². The molecule has 2 rings (SSSR count). The van der Waals surface area contributed by atoms with Crippen molar-refractivity contribution in [1.82, 2.24) is 5.43 Å². The standard InChI is InChI=1S/C21H26N2O3/c1-21(2,3)20(25)26-18-11-9-17(10-12-18)19(23-22-13-14-24)15-16-7-5-4-6-8-16/h4-12,22,24H,13-15H2,1-3H3. The van der Waals surface area contributed by atoms with E-state index in [2.05, 4.69) is 10.5 Å². The van der Waals surface area contributed by atoms with E-state index in [9.17, 15) is 4.79 Å². The van der Waals surface area contributed by atoms with Gasteiger partial charge in [-0.25, -0.2) is 0 Å². The largest absolute Gasteiger partial charge is 0.426 e. The lowest BCUT2D eigenvalue weighted by atomic mass is 9.97. The molecule has 0 radical (unpaired) electrons. The molecule has 2 aromatic carbocycles. The molecule has 5 heteroatoms. The monoisotopic (exact) mass is 354 g/mol. The summed E-state index contributed by atoms with van der Waals surface area (Å²) in [4.78, 5) is 12.0. The first-order valence-electron chi connectivity index (χ1n) is 8.67. The number of hydrazone groups is 1. The highest BCUT2D eigenvalue weighted by molar-refractivity contribution is 6.01. The fourth-order valence-electron chi connectivity index (χ4n) is 2.17. The van der Waals surface area contributed by atoms with Gasteiger partial charge in [0.15, 0.2) is 0 Å². The summed E-state index contributed by atoms with van der Waals surface area (Å²) >= 11 is 0. The summed E-state index contributed by atoms with van der Waals surface area (Å²) in [6, 6.07) is 17.3. The van der Waals surface area contributed by atoms with Gasteiger partial charge in [0.05, 0.1) is 24.3 Å². The summed E-state index contributed by atoms with van der Waals surface area (Å²) in [5.41, 5.74) is 5.24. The summed E-state index contributed by atoms with van der Waals surface area (Å²) in [6.07, 6.45) is 0.653. The van der Waals surface area contributed by atoms with Crippen molar-refractivity contribution in [3.8, 4) is 5.75 Å². The van der Waals surface area contributed by atoms with Crippen molar-refractivity contribution in [2.45, 2.75) is 27.2 Å². The summed E-state index contributed by atoms with van der Waals surface area (Å²) < 4.78 is 5.40. The second-order valence-corrected chi connectivity index (χ2v) is 7.02. The van der Waals surface area contributed by atoms with E-state index in [-0.39, 0.29) is 12.6 Å². The fraction of sp³-hybridized carbons (Fsp3) is 0.333. The Bertz CT molecular complexity index is 732. The Morgan fingerprint density at radius 2 is 1.73 bits per heavy atom. The van der Waals surface area contributed by atoms with E-state index in [1.807, 2.05) is 63.2 Å². The van der Waals surface area contributed by atoms with Gasteiger partial charge in [0, 0.05) is 6.42 Å². The van der Waals surface area contributed by atoms with Crippen molar-refractivity contribution in [2.24, 2.45) is 10.5 Å². The molecule has 26 heavy (non-hydrogen) atoms. The molecule has 0 aromatic heterocycles. The van der Waals surface area contributed by atoms with Crippen LogP contribution in [-0.2, 0) is 11.2 Å². The Labute approximate surface area is 154 Å². The van der Waals surface area contributed by atoms with Crippen molar-refractivity contribution in [3.05, 3.63) is 65.7 Å². The lowest BCUT2D eigenvalue weighted by Crippen LogP contribution is -2.25. The molecule has 2 aromatic rings. The topological polar surface area (TPSA) is 70.9 Å². The van der Waals surface area contributed by atoms with Gasteiger partial charge in [0.25, 0.3) is 0 Å². The maximum Gasteiger partial charge on any atom is 0.316 e. The third kappa shape index (κ3) is 6.01. The van der Waals surface area contributed by atoms with Crippen LogP contribution in [0.4, 0.5) is 0 Å². The van der Waals surface area contributed by atoms with Gasteiger partial charge in [0.2, 0.25) is 0 Å². The zero-order valence-corrected chi connectivity index (χ0v) is 15.5. The van der Waals surface area contributed by atoms with Crippen LogP contribution in [0.2, 0.25) is 0 Å². The normalized spacial score (nSPS) is 11.9. The van der Waals surface area contributed by atoms with Crippen molar-refractivity contribution >= 4 is 11.7 Å². The summed E-state index contributed by atoms with van der Waals surface area (Å²) in [6.45, 7) is 5.87. The second-order valence-electron chi connectivity index (χ2n) is 7.02. The summed E-state index contributed by atoms with van der Waals surface area (Å²) in [5, 5.41) is 13.4. The smallest absolute Gasteiger partial charge is 0.316 e. The van der Waals surface area contributed by atoms with Gasteiger partial charge < -0.3 is 15.3 Å². The SMILES string of the molecule is CC(C)(C)C(=O)Oc1ccc(C(Cc2ccccc2)=NNCCO)cc1. The highest BCUT2D eigenvalue weighted by Crippen LogP contribution is 2.20. The fourth-order valence-corrected chi connectivity index (χ4v) is 2.17. The molecule has 0 spiro atoms. The van der Waals surface area contributed by atoms with E-state index in [0.29, 0.717) is 18.7 Å². The number of carbonyl (C=O) groups excluding carboxylic acids is 1. The molecule has 0 fully saturated rings.